The molecule has 0 spiro atoms. The quantitative estimate of drug-likeness (QED) is 0.869. The van der Waals surface area contributed by atoms with E-state index in [1.54, 1.807) is 0 Å². The van der Waals surface area contributed by atoms with Crippen molar-refractivity contribution in [2.45, 2.75) is 59.5 Å². The molecule has 3 nitrogen and oxygen atoms in total. The average molecular weight is 235 g/mol. The smallest absolute Gasteiger partial charge is 0.109 e. The van der Waals surface area contributed by atoms with Gasteiger partial charge < -0.3 is 9.88 Å². The normalized spacial score (nSPS) is 18.8. The van der Waals surface area contributed by atoms with Gasteiger partial charge in [0.2, 0.25) is 0 Å². The molecule has 0 saturated carbocycles. The highest BCUT2D eigenvalue weighted by molar-refractivity contribution is 5.21. The molecule has 1 aliphatic heterocycles. The number of rotatable bonds is 4. The van der Waals surface area contributed by atoms with Crippen LogP contribution in [0.25, 0.3) is 0 Å². The van der Waals surface area contributed by atoms with Crippen LogP contribution in [0.3, 0.4) is 0 Å². The molecule has 0 aromatic carbocycles. The standard InChI is InChI=1S/C14H25N3/c1-5-10(3)11(4)17-13-7-8-15-9-12(13)16-14(17)6-2/h10-11,15H,5-9H2,1-4H3. The van der Waals surface area contributed by atoms with Crippen molar-refractivity contribution in [1.29, 1.82) is 0 Å². The molecule has 0 aliphatic carbocycles. The Balaban J connectivity index is 2.39. The van der Waals surface area contributed by atoms with Gasteiger partial charge in [-0.25, -0.2) is 4.98 Å². The van der Waals surface area contributed by atoms with Gasteiger partial charge in [-0.3, -0.25) is 0 Å². The third-order valence-electron chi connectivity index (χ3n) is 4.19. The van der Waals surface area contributed by atoms with E-state index in [1.165, 1.54) is 23.6 Å². The minimum atomic E-state index is 0.573. The Kier molecular flexibility index (Phi) is 3.87. The van der Waals surface area contributed by atoms with Crippen molar-refractivity contribution in [3.63, 3.8) is 0 Å². The van der Waals surface area contributed by atoms with Crippen LogP contribution in [0.1, 0.15) is 57.4 Å². The molecule has 1 aliphatic rings. The van der Waals surface area contributed by atoms with Crippen molar-refractivity contribution in [3.05, 3.63) is 17.2 Å². The van der Waals surface area contributed by atoms with Gasteiger partial charge in [0.25, 0.3) is 0 Å². The van der Waals surface area contributed by atoms with Crippen molar-refractivity contribution in [1.82, 2.24) is 14.9 Å². The number of nitrogens with one attached hydrogen (secondary N) is 1. The zero-order valence-corrected chi connectivity index (χ0v) is 11.6. The van der Waals surface area contributed by atoms with E-state index >= 15 is 0 Å². The first-order valence-electron chi connectivity index (χ1n) is 6.98. The molecule has 2 heterocycles. The highest BCUT2D eigenvalue weighted by Gasteiger charge is 2.23. The molecule has 2 unspecified atom stereocenters. The predicted octanol–water partition coefficient (Wildman–Crippen LogP) is 2.70. The van der Waals surface area contributed by atoms with E-state index in [1.807, 2.05) is 0 Å². The number of imidazole rings is 1. The highest BCUT2D eigenvalue weighted by Crippen LogP contribution is 2.27. The van der Waals surface area contributed by atoms with Crippen LogP contribution in [0.15, 0.2) is 0 Å². The first-order valence-corrected chi connectivity index (χ1v) is 6.98. The summed E-state index contributed by atoms with van der Waals surface area (Å²) in [5.74, 6) is 1.99. The van der Waals surface area contributed by atoms with E-state index in [0.717, 1.165) is 25.9 Å². The van der Waals surface area contributed by atoms with Gasteiger partial charge in [0.15, 0.2) is 0 Å². The van der Waals surface area contributed by atoms with Crippen LogP contribution in [0.2, 0.25) is 0 Å². The summed E-state index contributed by atoms with van der Waals surface area (Å²) < 4.78 is 2.52. The second-order valence-electron chi connectivity index (χ2n) is 5.20. The van der Waals surface area contributed by atoms with E-state index in [4.69, 9.17) is 4.98 Å². The van der Waals surface area contributed by atoms with Crippen molar-refractivity contribution >= 4 is 0 Å². The first-order chi connectivity index (χ1) is 8.19. The summed E-state index contributed by atoms with van der Waals surface area (Å²) in [6.07, 6.45) is 3.40. The lowest BCUT2D eigenvalue weighted by Crippen LogP contribution is -2.27. The summed E-state index contributed by atoms with van der Waals surface area (Å²) in [6.45, 7) is 11.2. The van der Waals surface area contributed by atoms with E-state index in [9.17, 15) is 0 Å². The molecule has 0 radical (unpaired) electrons. The minimum absolute atomic E-state index is 0.573. The summed E-state index contributed by atoms with van der Waals surface area (Å²) in [6, 6.07) is 0.573. The zero-order chi connectivity index (χ0) is 12.4. The zero-order valence-electron chi connectivity index (χ0n) is 11.6. The van der Waals surface area contributed by atoms with Crippen LogP contribution in [0, 0.1) is 5.92 Å². The van der Waals surface area contributed by atoms with Crippen LogP contribution in [0.5, 0.6) is 0 Å². The molecular formula is C14H25N3. The second-order valence-corrected chi connectivity index (χ2v) is 5.20. The van der Waals surface area contributed by atoms with Crippen LogP contribution >= 0.6 is 0 Å². The topological polar surface area (TPSA) is 29.9 Å². The average Bonchev–Trinajstić information content (AvgIpc) is 2.75. The molecule has 2 rings (SSSR count). The number of aryl methyl sites for hydroxylation is 1. The summed E-state index contributed by atoms with van der Waals surface area (Å²) >= 11 is 0. The van der Waals surface area contributed by atoms with Gasteiger partial charge in [0, 0.05) is 37.7 Å². The number of fused-ring (bicyclic) bond motifs is 1. The van der Waals surface area contributed by atoms with Crippen molar-refractivity contribution in [2.75, 3.05) is 6.54 Å². The first kappa shape index (κ1) is 12.6. The lowest BCUT2D eigenvalue weighted by Gasteiger charge is -2.25. The SMILES string of the molecule is CCc1nc2c(n1C(C)C(C)CC)CCNC2. The number of hydrogen-bond donors (Lipinski definition) is 1. The molecular weight excluding hydrogens is 210 g/mol. The Bertz CT molecular complexity index is 381. The second kappa shape index (κ2) is 5.21. The Hall–Kier alpha value is -0.830. The minimum Gasteiger partial charge on any atom is -0.329 e. The third-order valence-corrected chi connectivity index (χ3v) is 4.19. The van der Waals surface area contributed by atoms with Gasteiger partial charge in [-0.1, -0.05) is 27.2 Å². The van der Waals surface area contributed by atoms with E-state index in [2.05, 4.69) is 37.6 Å². The summed E-state index contributed by atoms with van der Waals surface area (Å²) in [5.41, 5.74) is 2.76. The fourth-order valence-corrected chi connectivity index (χ4v) is 2.71. The van der Waals surface area contributed by atoms with E-state index in [-0.39, 0.29) is 0 Å². The molecule has 2 atom stereocenters. The predicted molar refractivity (Wildman–Crippen MR) is 71.2 cm³/mol. The molecule has 3 heteroatoms. The van der Waals surface area contributed by atoms with Crippen LogP contribution < -0.4 is 5.32 Å². The van der Waals surface area contributed by atoms with Gasteiger partial charge in [0.05, 0.1) is 5.69 Å². The van der Waals surface area contributed by atoms with Gasteiger partial charge >= 0.3 is 0 Å². The molecule has 1 N–H and O–H groups in total. The highest BCUT2D eigenvalue weighted by atomic mass is 15.1. The molecule has 0 fully saturated rings. The van der Waals surface area contributed by atoms with Gasteiger partial charge in [0.1, 0.15) is 5.82 Å². The molecule has 1 aromatic heterocycles. The Labute approximate surface area is 105 Å². The van der Waals surface area contributed by atoms with Gasteiger partial charge in [-0.2, -0.15) is 0 Å². The molecule has 17 heavy (non-hydrogen) atoms. The van der Waals surface area contributed by atoms with Crippen molar-refractivity contribution < 1.29 is 0 Å². The lowest BCUT2D eigenvalue weighted by atomic mass is 9.99. The third kappa shape index (κ3) is 2.25. The van der Waals surface area contributed by atoms with Crippen LogP contribution in [-0.2, 0) is 19.4 Å². The van der Waals surface area contributed by atoms with Crippen molar-refractivity contribution in [2.24, 2.45) is 5.92 Å². The number of nitrogens with zero attached hydrogens (tertiary/aromatic N) is 2. The Morgan fingerprint density at radius 1 is 1.35 bits per heavy atom. The fourth-order valence-electron chi connectivity index (χ4n) is 2.71. The molecule has 0 saturated heterocycles. The van der Waals surface area contributed by atoms with Gasteiger partial charge in [-0.05, 0) is 12.8 Å². The van der Waals surface area contributed by atoms with E-state index < -0.39 is 0 Å². The number of aromatic nitrogens is 2. The molecule has 96 valence electrons. The van der Waals surface area contributed by atoms with Crippen molar-refractivity contribution in [3.8, 4) is 0 Å². The summed E-state index contributed by atoms with van der Waals surface area (Å²) in [4.78, 5) is 4.81. The number of hydrogen-bond acceptors (Lipinski definition) is 2. The summed E-state index contributed by atoms with van der Waals surface area (Å²) in [5, 5.41) is 3.41. The van der Waals surface area contributed by atoms with Crippen LogP contribution in [0.4, 0.5) is 0 Å². The molecule has 1 aromatic rings. The van der Waals surface area contributed by atoms with Gasteiger partial charge in [-0.15, -0.1) is 0 Å². The Morgan fingerprint density at radius 2 is 2.12 bits per heavy atom. The maximum atomic E-state index is 4.81. The lowest BCUT2D eigenvalue weighted by molar-refractivity contribution is 0.352. The largest absolute Gasteiger partial charge is 0.329 e. The monoisotopic (exact) mass is 235 g/mol. The van der Waals surface area contributed by atoms with E-state index in [0.29, 0.717) is 12.0 Å². The maximum Gasteiger partial charge on any atom is 0.109 e. The molecule has 0 amide bonds. The fraction of sp³-hybridized carbons (Fsp3) is 0.786. The molecule has 0 bridgehead atoms. The summed E-state index contributed by atoms with van der Waals surface area (Å²) in [7, 11) is 0. The maximum absolute atomic E-state index is 4.81. The Morgan fingerprint density at radius 3 is 2.76 bits per heavy atom. The van der Waals surface area contributed by atoms with Crippen LogP contribution in [-0.4, -0.2) is 16.1 Å².